The summed E-state index contributed by atoms with van der Waals surface area (Å²) in [6.07, 6.45) is 0. The maximum absolute atomic E-state index is 12.0. The van der Waals surface area contributed by atoms with E-state index in [2.05, 4.69) is 5.48 Å². The van der Waals surface area contributed by atoms with Gasteiger partial charge in [0.15, 0.2) is 0 Å². The highest BCUT2D eigenvalue weighted by Crippen LogP contribution is 2.17. The Balaban J connectivity index is 1.94. The molecule has 0 saturated heterocycles. The largest absolute Gasteiger partial charge is 0.378 e. The number of carbonyl (C=O) groups excluding carboxylic acids is 1. The van der Waals surface area contributed by atoms with Gasteiger partial charge in [0.05, 0.1) is 11.3 Å². The van der Waals surface area contributed by atoms with Crippen molar-refractivity contribution in [3.8, 4) is 0 Å². The predicted octanol–water partition coefficient (Wildman–Crippen LogP) is 3.00. The average molecular weight is 299 g/mol. The molecule has 1 N–H and O–H groups in total. The molecule has 0 heterocycles. The zero-order chi connectivity index (χ0) is 16.1. The highest BCUT2D eigenvalue weighted by atomic mass is 16.7. The SMILES string of the molecule is CN(C)c1ccc(NOC(=O)c2ccc(N(C)C)cc2)cc1. The van der Waals surface area contributed by atoms with Gasteiger partial charge < -0.3 is 14.6 Å². The van der Waals surface area contributed by atoms with E-state index in [0.717, 1.165) is 17.1 Å². The third-order valence-electron chi connectivity index (χ3n) is 3.26. The Morgan fingerprint density at radius 1 is 0.818 bits per heavy atom. The van der Waals surface area contributed by atoms with Crippen molar-refractivity contribution in [2.45, 2.75) is 0 Å². The second kappa shape index (κ2) is 6.85. The van der Waals surface area contributed by atoms with Crippen LogP contribution in [-0.2, 0) is 4.84 Å². The van der Waals surface area contributed by atoms with E-state index < -0.39 is 5.97 Å². The van der Waals surface area contributed by atoms with E-state index >= 15 is 0 Å². The molecular weight excluding hydrogens is 278 g/mol. The maximum atomic E-state index is 12.0. The highest BCUT2D eigenvalue weighted by molar-refractivity contribution is 5.90. The van der Waals surface area contributed by atoms with E-state index in [0.29, 0.717) is 5.56 Å². The average Bonchev–Trinajstić information content (AvgIpc) is 2.53. The molecule has 0 amide bonds. The van der Waals surface area contributed by atoms with Crippen molar-refractivity contribution in [2.24, 2.45) is 0 Å². The molecule has 22 heavy (non-hydrogen) atoms. The topological polar surface area (TPSA) is 44.8 Å². The Morgan fingerprint density at radius 3 is 1.73 bits per heavy atom. The number of rotatable bonds is 5. The summed E-state index contributed by atoms with van der Waals surface area (Å²) in [6, 6.07) is 14.9. The molecule has 2 aromatic carbocycles. The second-order valence-electron chi connectivity index (χ2n) is 5.37. The van der Waals surface area contributed by atoms with Crippen molar-refractivity contribution in [1.29, 1.82) is 0 Å². The summed E-state index contributed by atoms with van der Waals surface area (Å²) in [7, 11) is 7.85. The van der Waals surface area contributed by atoms with E-state index in [-0.39, 0.29) is 0 Å². The van der Waals surface area contributed by atoms with E-state index in [1.165, 1.54) is 0 Å². The number of carbonyl (C=O) groups is 1. The van der Waals surface area contributed by atoms with Crippen LogP contribution in [0.1, 0.15) is 10.4 Å². The lowest BCUT2D eigenvalue weighted by atomic mass is 10.2. The van der Waals surface area contributed by atoms with Crippen molar-refractivity contribution in [1.82, 2.24) is 0 Å². The van der Waals surface area contributed by atoms with Gasteiger partial charge >= 0.3 is 5.97 Å². The molecule has 0 fully saturated rings. The van der Waals surface area contributed by atoms with Gasteiger partial charge in [-0.15, -0.1) is 0 Å². The van der Waals surface area contributed by atoms with Crippen LogP contribution >= 0.6 is 0 Å². The van der Waals surface area contributed by atoms with E-state index in [1.807, 2.05) is 74.4 Å². The fourth-order valence-corrected chi connectivity index (χ4v) is 1.89. The van der Waals surface area contributed by atoms with Crippen molar-refractivity contribution in [2.75, 3.05) is 43.5 Å². The minimum Gasteiger partial charge on any atom is -0.378 e. The number of anilines is 3. The summed E-state index contributed by atoms with van der Waals surface area (Å²) in [6.45, 7) is 0. The Morgan fingerprint density at radius 2 is 1.27 bits per heavy atom. The van der Waals surface area contributed by atoms with Crippen molar-refractivity contribution < 1.29 is 9.63 Å². The van der Waals surface area contributed by atoms with Gasteiger partial charge in [0.2, 0.25) is 0 Å². The first-order valence-electron chi connectivity index (χ1n) is 6.99. The van der Waals surface area contributed by atoms with Crippen LogP contribution < -0.4 is 15.3 Å². The van der Waals surface area contributed by atoms with Crippen LogP contribution in [-0.4, -0.2) is 34.2 Å². The van der Waals surface area contributed by atoms with Gasteiger partial charge in [-0.3, -0.25) is 0 Å². The quantitative estimate of drug-likeness (QED) is 0.860. The zero-order valence-electron chi connectivity index (χ0n) is 13.3. The Hall–Kier alpha value is -2.69. The molecule has 0 atom stereocenters. The number of nitrogens with one attached hydrogen (secondary N) is 1. The van der Waals surface area contributed by atoms with Gasteiger partial charge in [-0.2, -0.15) is 0 Å². The first-order valence-corrected chi connectivity index (χ1v) is 6.99. The van der Waals surface area contributed by atoms with Gasteiger partial charge in [-0.25, -0.2) is 10.3 Å². The monoisotopic (exact) mass is 299 g/mol. The summed E-state index contributed by atoms with van der Waals surface area (Å²) < 4.78 is 0. The summed E-state index contributed by atoms with van der Waals surface area (Å²) >= 11 is 0. The predicted molar refractivity (Wildman–Crippen MR) is 90.6 cm³/mol. The van der Waals surface area contributed by atoms with Crippen LogP contribution in [0.2, 0.25) is 0 Å². The smallest absolute Gasteiger partial charge is 0.362 e. The normalized spacial score (nSPS) is 10.0. The standard InChI is InChI=1S/C17H21N3O2/c1-19(2)15-9-5-13(6-10-15)17(21)22-18-14-7-11-16(12-8-14)20(3)4/h5-12,18H,1-4H3. The van der Waals surface area contributed by atoms with Crippen molar-refractivity contribution in [3.63, 3.8) is 0 Å². The molecule has 116 valence electrons. The molecule has 0 aliphatic rings. The van der Waals surface area contributed by atoms with E-state index in [4.69, 9.17) is 4.84 Å². The Kier molecular flexibility index (Phi) is 4.88. The molecular formula is C17H21N3O2. The Bertz CT molecular complexity index is 619. The van der Waals surface area contributed by atoms with Crippen LogP contribution in [0.25, 0.3) is 0 Å². The third-order valence-corrected chi connectivity index (χ3v) is 3.26. The van der Waals surface area contributed by atoms with Gasteiger partial charge in [0.25, 0.3) is 0 Å². The van der Waals surface area contributed by atoms with Crippen molar-refractivity contribution >= 4 is 23.0 Å². The van der Waals surface area contributed by atoms with Crippen LogP contribution in [0.15, 0.2) is 48.5 Å². The maximum Gasteiger partial charge on any atom is 0.362 e. The molecule has 0 aliphatic heterocycles. The van der Waals surface area contributed by atoms with Crippen LogP contribution in [0.5, 0.6) is 0 Å². The molecule has 0 unspecified atom stereocenters. The summed E-state index contributed by atoms with van der Waals surface area (Å²) in [4.78, 5) is 21.0. The summed E-state index contributed by atoms with van der Waals surface area (Å²) in [5.74, 6) is -0.415. The summed E-state index contributed by atoms with van der Waals surface area (Å²) in [5.41, 5.74) is 6.01. The molecule has 0 aromatic heterocycles. The highest BCUT2D eigenvalue weighted by Gasteiger charge is 2.08. The molecule has 0 aliphatic carbocycles. The van der Waals surface area contributed by atoms with Gasteiger partial charge in [-0.05, 0) is 48.5 Å². The lowest BCUT2D eigenvalue weighted by Gasteiger charge is -2.14. The van der Waals surface area contributed by atoms with E-state index in [9.17, 15) is 4.79 Å². The molecule has 5 nitrogen and oxygen atoms in total. The van der Waals surface area contributed by atoms with Crippen LogP contribution in [0, 0.1) is 0 Å². The fourth-order valence-electron chi connectivity index (χ4n) is 1.89. The first kappa shape index (κ1) is 15.7. The first-order chi connectivity index (χ1) is 10.5. The third kappa shape index (κ3) is 3.91. The van der Waals surface area contributed by atoms with Gasteiger partial charge in [-0.1, -0.05) is 0 Å². The molecule has 0 saturated carbocycles. The van der Waals surface area contributed by atoms with Crippen LogP contribution in [0.4, 0.5) is 17.1 Å². The Labute approximate surface area is 131 Å². The number of benzene rings is 2. The van der Waals surface area contributed by atoms with E-state index in [1.54, 1.807) is 12.1 Å². The number of hydrogen-bond donors (Lipinski definition) is 1. The molecule has 0 bridgehead atoms. The number of nitrogens with zero attached hydrogens (tertiary/aromatic N) is 2. The molecule has 0 radical (unpaired) electrons. The molecule has 0 spiro atoms. The lowest BCUT2D eigenvalue weighted by Crippen LogP contribution is -2.12. The van der Waals surface area contributed by atoms with Gasteiger partial charge in [0, 0.05) is 39.6 Å². The molecule has 2 aromatic rings. The minimum atomic E-state index is -0.415. The fraction of sp³-hybridized carbons (Fsp3) is 0.235. The van der Waals surface area contributed by atoms with Crippen molar-refractivity contribution in [3.05, 3.63) is 54.1 Å². The molecule has 5 heteroatoms. The zero-order valence-corrected chi connectivity index (χ0v) is 13.3. The minimum absolute atomic E-state index is 0.415. The summed E-state index contributed by atoms with van der Waals surface area (Å²) in [5, 5.41) is 0. The second-order valence-corrected chi connectivity index (χ2v) is 5.37. The lowest BCUT2D eigenvalue weighted by molar-refractivity contribution is 0.0596. The number of hydrogen-bond acceptors (Lipinski definition) is 5. The van der Waals surface area contributed by atoms with Gasteiger partial charge in [0.1, 0.15) is 0 Å². The molecule has 2 rings (SSSR count). The van der Waals surface area contributed by atoms with Crippen LogP contribution in [0.3, 0.4) is 0 Å².